The Morgan fingerprint density at radius 2 is 1.89 bits per heavy atom. The largest absolute Gasteiger partial charge is 0.493 e. The van der Waals surface area contributed by atoms with E-state index in [4.69, 9.17) is 9.47 Å². The Morgan fingerprint density at radius 3 is 2.64 bits per heavy atom. The molecular weight excluding hydrogens is 458 g/mol. The van der Waals surface area contributed by atoms with Crippen LogP contribution in [0.15, 0.2) is 73.1 Å². The van der Waals surface area contributed by atoms with E-state index in [0.29, 0.717) is 30.0 Å². The van der Waals surface area contributed by atoms with Gasteiger partial charge in [0.15, 0.2) is 11.5 Å². The minimum atomic E-state index is -0.434. The monoisotopic (exact) mass is 487 g/mol. The first-order valence-corrected chi connectivity index (χ1v) is 11.5. The van der Waals surface area contributed by atoms with Crippen molar-refractivity contribution in [2.75, 3.05) is 20.8 Å². The molecule has 0 unspecified atom stereocenters. The third kappa shape index (κ3) is 5.57. The van der Waals surface area contributed by atoms with E-state index >= 15 is 0 Å². The van der Waals surface area contributed by atoms with E-state index in [1.165, 1.54) is 14.2 Å². The van der Waals surface area contributed by atoms with Crippen LogP contribution in [-0.4, -0.2) is 46.7 Å². The van der Waals surface area contributed by atoms with E-state index in [-0.39, 0.29) is 11.6 Å². The molecule has 0 fully saturated rings. The number of fused-ring (bicyclic) bond motifs is 1. The lowest BCUT2D eigenvalue weighted by atomic mass is 10.1. The number of nitrogens with zero attached hydrogens (tertiary/aromatic N) is 3. The first-order chi connectivity index (χ1) is 17.5. The van der Waals surface area contributed by atoms with Crippen LogP contribution < -0.4 is 20.1 Å². The molecule has 2 heterocycles. The van der Waals surface area contributed by atoms with Crippen molar-refractivity contribution in [3.05, 3.63) is 84.2 Å². The maximum absolute atomic E-state index is 13.2. The molecule has 2 aromatic carbocycles. The van der Waals surface area contributed by atoms with Crippen LogP contribution in [0.2, 0.25) is 0 Å². The lowest BCUT2D eigenvalue weighted by Gasteiger charge is -2.13. The molecule has 0 atom stereocenters. The molecule has 0 saturated heterocycles. The number of rotatable bonds is 10. The van der Waals surface area contributed by atoms with Gasteiger partial charge in [-0.3, -0.25) is 9.59 Å². The van der Waals surface area contributed by atoms with Gasteiger partial charge in [-0.15, -0.1) is 0 Å². The van der Waals surface area contributed by atoms with E-state index in [1.807, 2.05) is 52.8 Å². The summed E-state index contributed by atoms with van der Waals surface area (Å²) in [7, 11) is 4.97. The van der Waals surface area contributed by atoms with Gasteiger partial charge in [-0.1, -0.05) is 18.2 Å². The Labute approximate surface area is 209 Å². The molecule has 2 N–H and O–H groups in total. The molecule has 0 aliphatic carbocycles. The van der Waals surface area contributed by atoms with Gasteiger partial charge in [0.05, 0.1) is 20.5 Å². The van der Waals surface area contributed by atoms with E-state index in [1.54, 1.807) is 36.8 Å². The second kappa shape index (κ2) is 11.3. The molecule has 0 bridgehead atoms. The Balaban J connectivity index is 1.58. The van der Waals surface area contributed by atoms with Crippen LogP contribution in [-0.2, 0) is 18.4 Å². The number of para-hydroxylation sites is 1. The van der Waals surface area contributed by atoms with E-state index in [2.05, 4.69) is 15.6 Å². The average Bonchev–Trinajstić information content (AvgIpc) is 3.53. The van der Waals surface area contributed by atoms with Gasteiger partial charge in [0.1, 0.15) is 5.70 Å². The zero-order valence-corrected chi connectivity index (χ0v) is 20.5. The lowest BCUT2D eigenvalue weighted by Crippen LogP contribution is -2.35. The molecule has 36 heavy (non-hydrogen) atoms. The second-order valence-corrected chi connectivity index (χ2v) is 8.20. The number of amides is 2. The van der Waals surface area contributed by atoms with E-state index < -0.39 is 5.91 Å². The summed E-state index contributed by atoms with van der Waals surface area (Å²) in [4.78, 5) is 30.3. The van der Waals surface area contributed by atoms with Crippen molar-refractivity contribution in [3.63, 3.8) is 0 Å². The molecule has 4 rings (SSSR count). The summed E-state index contributed by atoms with van der Waals surface area (Å²) in [6.07, 6.45) is 9.67. The highest BCUT2D eigenvalue weighted by Gasteiger charge is 2.17. The van der Waals surface area contributed by atoms with Crippen LogP contribution in [0, 0.1) is 0 Å². The first-order valence-electron chi connectivity index (χ1n) is 11.5. The van der Waals surface area contributed by atoms with Crippen molar-refractivity contribution in [2.24, 2.45) is 7.05 Å². The maximum Gasteiger partial charge on any atom is 0.267 e. The third-order valence-electron chi connectivity index (χ3n) is 5.80. The lowest BCUT2D eigenvalue weighted by molar-refractivity contribution is -0.117. The van der Waals surface area contributed by atoms with Gasteiger partial charge in [-0.05, 0) is 36.8 Å². The van der Waals surface area contributed by atoms with Gasteiger partial charge in [-0.2, -0.15) is 0 Å². The van der Waals surface area contributed by atoms with E-state index in [0.717, 1.165) is 23.0 Å². The van der Waals surface area contributed by atoms with Crippen molar-refractivity contribution in [3.8, 4) is 11.5 Å². The maximum atomic E-state index is 13.2. The fourth-order valence-electron chi connectivity index (χ4n) is 3.95. The number of hydrogen-bond donors (Lipinski definition) is 2. The molecule has 186 valence electrons. The van der Waals surface area contributed by atoms with Crippen LogP contribution in [0.1, 0.15) is 22.3 Å². The summed E-state index contributed by atoms with van der Waals surface area (Å²) in [5, 5.41) is 6.68. The number of benzene rings is 2. The number of aromatic nitrogens is 3. The minimum Gasteiger partial charge on any atom is -0.493 e. The number of ether oxygens (including phenoxy) is 2. The van der Waals surface area contributed by atoms with Gasteiger partial charge in [0.2, 0.25) is 0 Å². The Morgan fingerprint density at radius 1 is 1.08 bits per heavy atom. The number of imidazole rings is 1. The fraction of sp³-hybridized carbons (Fsp3) is 0.222. The summed E-state index contributed by atoms with van der Waals surface area (Å²) in [5.41, 5.74) is 2.33. The molecule has 0 aliphatic rings. The predicted molar refractivity (Wildman–Crippen MR) is 138 cm³/mol. The smallest absolute Gasteiger partial charge is 0.267 e. The molecule has 0 spiro atoms. The molecule has 2 amide bonds. The highest BCUT2D eigenvalue weighted by atomic mass is 16.5. The summed E-state index contributed by atoms with van der Waals surface area (Å²) >= 11 is 0. The van der Waals surface area contributed by atoms with Crippen molar-refractivity contribution in [1.29, 1.82) is 0 Å². The quantitative estimate of drug-likeness (QED) is 0.264. The Hall–Kier alpha value is -4.53. The van der Waals surface area contributed by atoms with Gasteiger partial charge < -0.3 is 29.2 Å². The SMILES string of the molecule is COc1ccc(C(=O)NC(=Cc2cn(C)c3ccccc23)C(=O)NCCCn2ccnc2)cc1OC. The standard InChI is InChI=1S/C27H29N5O4/c1-31-17-20(21-7-4-5-8-23(21)31)15-22(27(34)29-11-6-13-32-14-12-28-18-32)30-26(33)19-9-10-24(35-2)25(16-19)36-3/h4-5,7-10,12,14-18H,6,11,13H2,1-3H3,(H,29,34)(H,30,33). The number of aryl methyl sites for hydroxylation is 2. The van der Waals surface area contributed by atoms with Crippen molar-refractivity contribution in [2.45, 2.75) is 13.0 Å². The molecule has 4 aromatic rings. The Kier molecular flexibility index (Phi) is 7.69. The van der Waals surface area contributed by atoms with Crippen molar-refractivity contribution < 1.29 is 19.1 Å². The van der Waals surface area contributed by atoms with E-state index in [9.17, 15) is 9.59 Å². The topological polar surface area (TPSA) is 99.4 Å². The number of carbonyl (C=O) groups excluding carboxylic acids is 2. The van der Waals surface area contributed by atoms with Crippen LogP contribution in [0.3, 0.4) is 0 Å². The molecule has 9 nitrogen and oxygen atoms in total. The summed E-state index contributed by atoms with van der Waals surface area (Å²) in [6.45, 7) is 1.16. The summed E-state index contributed by atoms with van der Waals surface area (Å²) < 4.78 is 14.5. The predicted octanol–water partition coefficient (Wildman–Crippen LogP) is 3.37. The summed E-state index contributed by atoms with van der Waals surface area (Å²) in [6, 6.07) is 12.7. The Bertz CT molecular complexity index is 1390. The van der Waals surface area contributed by atoms with Gasteiger partial charge >= 0.3 is 0 Å². The van der Waals surface area contributed by atoms with Gasteiger partial charge in [0.25, 0.3) is 11.8 Å². The number of nitrogens with one attached hydrogen (secondary N) is 2. The number of carbonyl (C=O) groups is 2. The molecule has 0 aliphatic heterocycles. The zero-order chi connectivity index (χ0) is 25.5. The molecule has 9 heteroatoms. The zero-order valence-electron chi connectivity index (χ0n) is 20.5. The molecule has 0 saturated carbocycles. The minimum absolute atomic E-state index is 0.147. The van der Waals surface area contributed by atoms with Crippen LogP contribution in [0.25, 0.3) is 17.0 Å². The van der Waals surface area contributed by atoms with Crippen LogP contribution in [0.5, 0.6) is 11.5 Å². The highest BCUT2D eigenvalue weighted by molar-refractivity contribution is 6.06. The van der Waals surface area contributed by atoms with Gasteiger partial charge in [0, 0.05) is 60.8 Å². The number of hydrogen-bond acceptors (Lipinski definition) is 5. The number of methoxy groups -OCH3 is 2. The highest BCUT2D eigenvalue weighted by Crippen LogP contribution is 2.28. The molecule has 0 radical (unpaired) electrons. The molecule has 2 aromatic heterocycles. The van der Waals surface area contributed by atoms with Crippen LogP contribution in [0.4, 0.5) is 0 Å². The summed E-state index contributed by atoms with van der Waals surface area (Å²) in [5.74, 6) is 0.128. The van der Waals surface area contributed by atoms with Crippen LogP contribution >= 0.6 is 0 Å². The first kappa shape index (κ1) is 24.6. The third-order valence-corrected chi connectivity index (χ3v) is 5.80. The van der Waals surface area contributed by atoms with Crippen molar-refractivity contribution >= 4 is 28.8 Å². The average molecular weight is 488 g/mol. The second-order valence-electron chi connectivity index (χ2n) is 8.20. The van der Waals surface area contributed by atoms with Gasteiger partial charge in [-0.25, -0.2) is 4.98 Å². The normalized spacial score (nSPS) is 11.4. The van der Waals surface area contributed by atoms with Crippen molar-refractivity contribution in [1.82, 2.24) is 24.8 Å². The fourth-order valence-corrected chi connectivity index (χ4v) is 3.95. The molecular formula is C27H29N5O4.